The van der Waals surface area contributed by atoms with Crippen molar-refractivity contribution < 1.29 is 0 Å². The Labute approximate surface area is 102 Å². The van der Waals surface area contributed by atoms with Crippen LogP contribution in [0.1, 0.15) is 59.8 Å². The summed E-state index contributed by atoms with van der Waals surface area (Å²) in [6, 6.07) is 0.315. The van der Waals surface area contributed by atoms with Crippen molar-refractivity contribution in [1.82, 2.24) is 4.90 Å². The van der Waals surface area contributed by atoms with E-state index in [-0.39, 0.29) is 5.54 Å². The monoisotopic (exact) mass is 226 g/mol. The van der Waals surface area contributed by atoms with E-state index in [1.807, 2.05) is 0 Å². The molecule has 1 fully saturated rings. The fourth-order valence-corrected chi connectivity index (χ4v) is 2.80. The second-order valence-electron chi connectivity index (χ2n) is 5.87. The van der Waals surface area contributed by atoms with Gasteiger partial charge in [-0.3, -0.25) is 4.90 Å². The maximum Gasteiger partial charge on any atom is 0.0304 e. The Morgan fingerprint density at radius 1 is 1.12 bits per heavy atom. The molecule has 0 radical (unpaired) electrons. The van der Waals surface area contributed by atoms with Gasteiger partial charge in [-0.15, -0.1) is 0 Å². The smallest absolute Gasteiger partial charge is 0.0304 e. The summed E-state index contributed by atoms with van der Waals surface area (Å²) in [6.45, 7) is 11.7. The number of nitrogens with two attached hydrogens (primary N) is 1. The Kier molecular flexibility index (Phi) is 5.26. The maximum absolute atomic E-state index is 6.44. The molecule has 1 atom stereocenters. The van der Waals surface area contributed by atoms with Crippen LogP contribution in [0, 0.1) is 5.92 Å². The van der Waals surface area contributed by atoms with Gasteiger partial charge in [0.2, 0.25) is 0 Å². The van der Waals surface area contributed by atoms with E-state index in [0.29, 0.717) is 6.04 Å². The first kappa shape index (κ1) is 14.0. The lowest BCUT2D eigenvalue weighted by molar-refractivity contribution is 0.111. The van der Waals surface area contributed by atoms with Crippen LogP contribution in [0.2, 0.25) is 0 Å². The van der Waals surface area contributed by atoms with Gasteiger partial charge in [-0.2, -0.15) is 0 Å². The van der Waals surface area contributed by atoms with Crippen molar-refractivity contribution in [3.05, 3.63) is 0 Å². The molecule has 1 aliphatic heterocycles. The van der Waals surface area contributed by atoms with Crippen molar-refractivity contribution in [3.63, 3.8) is 0 Å². The summed E-state index contributed by atoms with van der Waals surface area (Å²) < 4.78 is 0. The van der Waals surface area contributed by atoms with Crippen molar-refractivity contribution >= 4 is 0 Å². The highest BCUT2D eigenvalue weighted by atomic mass is 15.2. The van der Waals surface area contributed by atoms with E-state index in [1.54, 1.807) is 0 Å². The molecule has 0 amide bonds. The second kappa shape index (κ2) is 6.02. The van der Waals surface area contributed by atoms with Gasteiger partial charge in [-0.25, -0.2) is 0 Å². The first-order chi connectivity index (χ1) is 7.52. The predicted octanol–water partition coefficient (Wildman–Crippen LogP) is 3.01. The molecule has 1 rings (SSSR count). The van der Waals surface area contributed by atoms with Crippen LogP contribution in [-0.4, -0.2) is 29.6 Å². The minimum Gasteiger partial charge on any atom is -0.326 e. The van der Waals surface area contributed by atoms with Crippen molar-refractivity contribution in [3.8, 4) is 0 Å². The highest BCUT2D eigenvalue weighted by Gasteiger charge is 2.35. The van der Waals surface area contributed by atoms with Crippen LogP contribution in [-0.2, 0) is 0 Å². The van der Waals surface area contributed by atoms with Crippen LogP contribution >= 0.6 is 0 Å². The van der Waals surface area contributed by atoms with Gasteiger partial charge < -0.3 is 5.73 Å². The van der Waals surface area contributed by atoms with E-state index in [9.17, 15) is 0 Å². The molecule has 1 unspecified atom stereocenters. The lowest BCUT2D eigenvalue weighted by Gasteiger charge is -2.41. The zero-order valence-corrected chi connectivity index (χ0v) is 11.6. The van der Waals surface area contributed by atoms with Crippen LogP contribution in [0.4, 0.5) is 0 Å². The molecule has 0 spiro atoms. The van der Waals surface area contributed by atoms with Gasteiger partial charge in [-0.1, -0.05) is 26.7 Å². The molecule has 1 heterocycles. The molecule has 0 saturated carbocycles. The highest BCUT2D eigenvalue weighted by Crippen LogP contribution is 2.27. The van der Waals surface area contributed by atoms with Gasteiger partial charge in [0.25, 0.3) is 0 Å². The molecular weight excluding hydrogens is 196 g/mol. The summed E-state index contributed by atoms with van der Waals surface area (Å²) in [5.74, 6) is 0.803. The van der Waals surface area contributed by atoms with Gasteiger partial charge in [0.1, 0.15) is 0 Å². The third-order valence-electron chi connectivity index (χ3n) is 4.57. The molecule has 0 aromatic carbocycles. The van der Waals surface area contributed by atoms with Crippen LogP contribution in [0.3, 0.4) is 0 Å². The zero-order chi connectivity index (χ0) is 12.2. The number of nitrogens with zero attached hydrogens (tertiary/aromatic N) is 1. The van der Waals surface area contributed by atoms with Crippen molar-refractivity contribution in [2.24, 2.45) is 11.7 Å². The van der Waals surface area contributed by atoms with Gasteiger partial charge in [-0.05, 0) is 52.1 Å². The summed E-state index contributed by atoms with van der Waals surface area (Å²) in [7, 11) is 0. The SMILES string of the molecule is CCC(CC)CC(N)C(C)(C)N1CCCC1. The Morgan fingerprint density at radius 2 is 1.62 bits per heavy atom. The summed E-state index contributed by atoms with van der Waals surface area (Å²) >= 11 is 0. The molecule has 1 aliphatic rings. The number of likely N-dealkylation sites (tertiary alicyclic amines) is 1. The molecule has 2 heteroatoms. The maximum atomic E-state index is 6.44. The molecule has 2 nitrogen and oxygen atoms in total. The molecule has 2 N–H and O–H groups in total. The molecule has 0 aromatic rings. The number of hydrogen-bond acceptors (Lipinski definition) is 2. The highest BCUT2D eigenvalue weighted by molar-refractivity contribution is 4.94. The molecule has 96 valence electrons. The Hall–Kier alpha value is -0.0800. The van der Waals surface area contributed by atoms with Crippen molar-refractivity contribution in [1.29, 1.82) is 0 Å². The minimum atomic E-state index is 0.180. The topological polar surface area (TPSA) is 29.3 Å². The molecule has 1 saturated heterocycles. The Bertz CT molecular complexity index is 191. The normalized spacial score (nSPS) is 20.6. The van der Waals surface area contributed by atoms with Crippen LogP contribution < -0.4 is 5.73 Å². The number of hydrogen-bond donors (Lipinski definition) is 1. The summed E-state index contributed by atoms with van der Waals surface area (Å²) in [5, 5.41) is 0. The average molecular weight is 226 g/mol. The van der Waals surface area contributed by atoms with E-state index in [0.717, 1.165) is 5.92 Å². The minimum absolute atomic E-state index is 0.180. The van der Waals surface area contributed by atoms with E-state index in [4.69, 9.17) is 5.73 Å². The first-order valence-electron chi connectivity index (χ1n) is 7.03. The number of rotatable bonds is 6. The van der Waals surface area contributed by atoms with E-state index in [1.165, 1.54) is 45.2 Å². The Balaban J connectivity index is 2.52. The quantitative estimate of drug-likeness (QED) is 0.754. The van der Waals surface area contributed by atoms with Crippen LogP contribution in [0.5, 0.6) is 0 Å². The van der Waals surface area contributed by atoms with E-state index in [2.05, 4.69) is 32.6 Å². The summed E-state index contributed by atoms with van der Waals surface area (Å²) in [5.41, 5.74) is 6.62. The van der Waals surface area contributed by atoms with Gasteiger partial charge in [0.15, 0.2) is 0 Å². The van der Waals surface area contributed by atoms with Gasteiger partial charge >= 0.3 is 0 Å². The third kappa shape index (κ3) is 3.21. The molecule has 0 bridgehead atoms. The van der Waals surface area contributed by atoms with Crippen LogP contribution in [0.25, 0.3) is 0 Å². The summed E-state index contributed by atoms with van der Waals surface area (Å²) in [4.78, 5) is 2.58. The first-order valence-corrected chi connectivity index (χ1v) is 7.03. The molecular formula is C14H30N2. The van der Waals surface area contributed by atoms with Crippen molar-refractivity contribution in [2.45, 2.75) is 71.4 Å². The van der Waals surface area contributed by atoms with E-state index >= 15 is 0 Å². The largest absolute Gasteiger partial charge is 0.326 e. The zero-order valence-electron chi connectivity index (χ0n) is 11.6. The lowest BCUT2D eigenvalue weighted by atomic mass is 9.84. The van der Waals surface area contributed by atoms with E-state index < -0.39 is 0 Å². The molecule has 0 aromatic heterocycles. The summed E-state index contributed by atoms with van der Waals surface area (Å²) in [6.07, 6.45) is 6.40. The standard InChI is InChI=1S/C14H30N2/c1-5-12(6-2)11-13(15)14(3,4)16-9-7-8-10-16/h12-13H,5-11,15H2,1-4H3. The van der Waals surface area contributed by atoms with Crippen molar-refractivity contribution in [2.75, 3.05) is 13.1 Å². The fraction of sp³-hybridized carbons (Fsp3) is 1.00. The Morgan fingerprint density at radius 3 is 2.06 bits per heavy atom. The third-order valence-corrected chi connectivity index (χ3v) is 4.57. The lowest BCUT2D eigenvalue weighted by Crippen LogP contribution is -2.55. The fourth-order valence-electron chi connectivity index (χ4n) is 2.80. The second-order valence-corrected chi connectivity index (χ2v) is 5.87. The molecule has 16 heavy (non-hydrogen) atoms. The average Bonchev–Trinajstić information content (AvgIpc) is 2.79. The van der Waals surface area contributed by atoms with Crippen LogP contribution in [0.15, 0.2) is 0 Å². The predicted molar refractivity (Wildman–Crippen MR) is 71.6 cm³/mol. The molecule has 0 aliphatic carbocycles. The van der Waals surface area contributed by atoms with Gasteiger partial charge in [0.05, 0.1) is 0 Å². The van der Waals surface area contributed by atoms with Gasteiger partial charge in [0, 0.05) is 11.6 Å².